The fourth-order valence-corrected chi connectivity index (χ4v) is 4.54. The summed E-state index contributed by atoms with van der Waals surface area (Å²) in [6.45, 7) is 4.78. The molecule has 3 rings (SSSR count). The zero-order valence-electron chi connectivity index (χ0n) is 13.4. The highest BCUT2D eigenvalue weighted by Crippen LogP contribution is 2.30. The van der Waals surface area contributed by atoms with Crippen molar-refractivity contribution in [3.05, 3.63) is 35.6 Å². The molecular formula is C17H23FN2O2S. The van der Waals surface area contributed by atoms with E-state index in [1.807, 2.05) is 6.07 Å². The number of halogens is 1. The lowest BCUT2D eigenvalue weighted by Crippen LogP contribution is -2.56. The Labute approximate surface area is 140 Å². The third-order valence-electron chi connectivity index (χ3n) is 4.88. The van der Waals surface area contributed by atoms with E-state index >= 15 is 0 Å². The molecular weight excluding hydrogens is 315 g/mol. The minimum Gasteiger partial charge on any atom is -0.379 e. The highest BCUT2D eigenvalue weighted by Gasteiger charge is 2.42. The maximum Gasteiger partial charge on any atom is 0.255 e. The smallest absolute Gasteiger partial charge is 0.255 e. The molecule has 0 radical (unpaired) electrons. The molecule has 0 aliphatic carbocycles. The summed E-state index contributed by atoms with van der Waals surface area (Å²) < 4.78 is 13.4. The van der Waals surface area contributed by atoms with Crippen LogP contribution in [-0.2, 0) is 4.79 Å². The number of amides is 1. The molecule has 0 saturated carbocycles. The molecule has 6 heteroatoms. The van der Waals surface area contributed by atoms with Crippen LogP contribution in [0.15, 0.2) is 24.3 Å². The van der Waals surface area contributed by atoms with E-state index in [0.29, 0.717) is 25.3 Å². The van der Waals surface area contributed by atoms with Gasteiger partial charge in [0.15, 0.2) is 5.60 Å². The second-order valence-electron chi connectivity index (χ2n) is 6.39. The molecule has 2 atom stereocenters. The number of hydrogen-bond acceptors (Lipinski definition) is 4. The fourth-order valence-electron chi connectivity index (χ4n) is 3.31. The Bertz CT molecular complexity index is 569. The maximum atomic E-state index is 13.4. The zero-order valence-corrected chi connectivity index (χ0v) is 14.2. The van der Waals surface area contributed by atoms with E-state index in [-0.39, 0.29) is 17.8 Å². The zero-order chi connectivity index (χ0) is 16.4. The number of nitrogens with zero attached hydrogens (tertiary/aromatic N) is 2. The molecule has 0 aromatic heterocycles. The lowest BCUT2D eigenvalue weighted by atomic mass is 10.0. The lowest BCUT2D eigenvalue weighted by molar-refractivity contribution is -0.150. The van der Waals surface area contributed by atoms with Crippen LogP contribution < -0.4 is 0 Å². The number of aliphatic hydroxyl groups is 1. The summed E-state index contributed by atoms with van der Waals surface area (Å²) in [7, 11) is 0. The van der Waals surface area contributed by atoms with Gasteiger partial charge in [-0.15, -0.1) is 0 Å². The topological polar surface area (TPSA) is 43.8 Å². The number of hydrogen-bond donors (Lipinski definition) is 1. The third kappa shape index (κ3) is 3.54. The summed E-state index contributed by atoms with van der Waals surface area (Å²) >= 11 is 1.63. The van der Waals surface area contributed by atoms with Crippen molar-refractivity contribution in [1.29, 1.82) is 0 Å². The molecule has 0 bridgehead atoms. The van der Waals surface area contributed by atoms with E-state index in [2.05, 4.69) is 11.8 Å². The van der Waals surface area contributed by atoms with E-state index in [0.717, 1.165) is 24.4 Å². The van der Waals surface area contributed by atoms with Crippen molar-refractivity contribution in [2.45, 2.75) is 25.0 Å². The second-order valence-corrected chi connectivity index (χ2v) is 7.50. The molecule has 1 N–H and O–H groups in total. The summed E-state index contributed by atoms with van der Waals surface area (Å²) in [5, 5.41) is 10.4. The lowest BCUT2D eigenvalue weighted by Gasteiger charge is -2.40. The van der Waals surface area contributed by atoms with E-state index in [4.69, 9.17) is 0 Å². The SMILES string of the molecule is C[C@@H](c1cccc(F)c1)N1CCN(C(=O)[C@@]2(O)CCSC2)CC1. The van der Waals surface area contributed by atoms with Crippen molar-refractivity contribution in [2.24, 2.45) is 0 Å². The van der Waals surface area contributed by atoms with Crippen LogP contribution in [0.4, 0.5) is 4.39 Å². The van der Waals surface area contributed by atoms with Crippen LogP contribution in [0.1, 0.15) is 24.9 Å². The van der Waals surface area contributed by atoms with Crippen LogP contribution in [0.2, 0.25) is 0 Å². The van der Waals surface area contributed by atoms with Gasteiger partial charge in [0.2, 0.25) is 0 Å². The molecule has 126 valence electrons. The molecule has 2 aliphatic heterocycles. The Hall–Kier alpha value is -1.11. The number of thioether (sulfide) groups is 1. The minimum atomic E-state index is -1.17. The molecule has 4 nitrogen and oxygen atoms in total. The minimum absolute atomic E-state index is 0.119. The van der Waals surface area contributed by atoms with E-state index < -0.39 is 5.60 Å². The number of carbonyl (C=O) groups excluding carboxylic acids is 1. The molecule has 1 amide bonds. The monoisotopic (exact) mass is 338 g/mol. The molecule has 1 aromatic carbocycles. The Morgan fingerprint density at radius 3 is 2.70 bits per heavy atom. The van der Waals surface area contributed by atoms with Crippen LogP contribution in [0, 0.1) is 5.82 Å². The Morgan fingerprint density at radius 1 is 1.35 bits per heavy atom. The summed E-state index contributed by atoms with van der Waals surface area (Å²) in [6, 6.07) is 6.80. The van der Waals surface area contributed by atoms with Gasteiger partial charge < -0.3 is 10.0 Å². The van der Waals surface area contributed by atoms with Gasteiger partial charge in [0.1, 0.15) is 5.82 Å². The van der Waals surface area contributed by atoms with Crippen molar-refractivity contribution < 1.29 is 14.3 Å². The summed E-state index contributed by atoms with van der Waals surface area (Å²) in [5.74, 6) is 1.01. The first-order valence-corrected chi connectivity index (χ1v) is 9.24. The quantitative estimate of drug-likeness (QED) is 0.914. The van der Waals surface area contributed by atoms with Gasteiger partial charge in [-0.2, -0.15) is 11.8 Å². The van der Waals surface area contributed by atoms with Crippen LogP contribution in [-0.4, -0.2) is 64.1 Å². The molecule has 2 heterocycles. The largest absolute Gasteiger partial charge is 0.379 e. The van der Waals surface area contributed by atoms with Crippen molar-refractivity contribution in [3.63, 3.8) is 0 Å². The van der Waals surface area contributed by atoms with Crippen LogP contribution in [0.3, 0.4) is 0 Å². The normalized spacial score (nSPS) is 27.2. The summed E-state index contributed by atoms with van der Waals surface area (Å²) in [6.07, 6.45) is 0.552. The predicted molar refractivity (Wildman–Crippen MR) is 89.9 cm³/mol. The van der Waals surface area contributed by atoms with Gasteiger partial charge in [-0.25, -0.2) is 4.39 Å². The third-order valence-corrected chi connectivity index (χ3v) is 6.05. The van der Waals surface area contributed by atoms with Gasteiger partial charge in [-0.1, -0.05) is 12.1 Å². The average molecular weight is 338 g/mol. The van der Waals surface area contributed by atoms with E-state index in [1.165, 1.54) is 6.07 Å². The molecule has 23 heavy (non-hydrogen) atoms. The predicted octanol–water partition coefficient (Wildman–Crippen LogP) is 1.90. The van der Waals surface area contributed by atoms with Crippen LogP contribution >= 0.6 is 11.8 Å². The van der Waals surface area contributed by atoms with Crippen LogP contribution in [0.5, 0.6) is 0 Å². The molecule has 2 fully saturated rings. The van der Waals surface area contributed by atoms with Gasteiger partial charge in [-0.3, -0.25) is 9.69 Å². The number of benzene rings is 1. The Kier molecular flexibility index (Phi) is 4.94. The van der Waals surface area contributed by atoms with Crippen molar-refractivity contribution in [3.8, 4) is 0 Å². The van der Waals surface area contributed by atoms with Gasteiger partial charge in [0.05, 0.1) is 0 Å². The first-order chi connectivity index (χ1) is 11.0. The molecule has 2 aliphatic rings. The number of rotatable bonds is 3. The highest BCUT2D eigenvalue weighted by molar-refractivity contribution is 7.99. The molecule has 0 spiro atoms. The van der Waals surface area contributed by atoms with Crippen molar-refractivity contribution >= 4 is 17.7 Å². The van der Waals surface area contributed by atoms with Crippen molar-refractivity contribution in [1.82, 2.24) is 9.80 Å². The highest BCUT2D eigenvalue weighted by atomic mass is 32.2. The fraction of sp³-hybridized carbons (Fsp3) is 0.588. The van der Waals surface area contributed by atoms with Crippen molar-refractivity contribution in [2.75, 3.05) is 37.7 Å². The van der Waals surface area contributed by atoms with Gasteiger partial charge in [-0.05, 0) is 36.8 Å². The maximum absolute atomic E-state index is 13.4. The number of carbonyl (C=O) groups is 1. The Balaban J connectivity index is 1.59. The summed E-state index contributed by atoms with van der Waals surface area (Å²) in [4.78, 5) is 16.5. The Morgan fingerprint density at radius 2 is 2.09 bits per heavy atom. The first kappa shape index (κ1) is 16.7. The van der Waals surface area contributed by atoms with Gasteiger partial charge in [0, 0.05) is 38.0 Å². The first-order valence-electron chi connectivity index (χ1n) is 8.09. The van der Waals surface area contributed by atoms with Gasteiger partial charge in [0.25, 0.3) is 5.91 Å². The standard InChI is InChI=1S/C17H23FN2O2S/c1-13(14-3-2-4-15(18)11-14)19-6-8-20(9-7-19)16(21)17(22)5-10-23-12-17/h2-4,11,13,22H,5-10,12H2,1H3/t13-,17+/m0/s1. The molecule has 2 saturated heterocycles. The van der Waals surface area contributed by atoms with Gasteiger partial charge >= 0.3 is 0 Å². The van der Waals surface area contributed by atoms with E-state index in [9.17, 15) is 14.3 Å². The van der Waals surface area contributed by atoms with Crippen LogP contribution in [0.25, 0.3) is 0 Å². The average Bonchev–Trinajstić information content (AvgIpc) is 3.01. The molecule has 1 aromatic rings. The second kappa shape index (κ2) is 6.79. The van der Waals surface area contributed by atoms with E-state index in [1.54, 1.807) is 28.8 Å². The molecule has 0 unspecified atom stereocenters. The number of piperazine rings is 1. The summed E-state index contributed by atoms with van der Waals surface area (Å²) in [5.41, 5.74) is -0.211.